The number of hydrogen-bond acceptors (Lipinski definition) is 2. The molecule has 13 heavy (non-hydrogen) atoms. The molecule has 0 aliphatic rings. The van der Waals surface area contributed by atoms with Crippen molar-refractivity contribution in [1.29, 1.82) is 0 Å². The predicted molar refractivity (Wildman–Crippen MR) is 53.8 cm³/mol. The minimum Gasteiger partial charge on any atom is -0.449 e. The molecule has 0 unspecified atom stereocenters. The Balaban J connectivity index is 3.45. The second-order valence-corrected chi connectivity index (χ2v) is 3.24. The molecule has 0 radical (unpaired) electrons. The lowest BCUT2D eigenvalue weighted by atomic mass is 10.3. The van der Waals surface area contributed by atoms with Crippen LogP contribution in [-0.2, 0) is 4.74 Å². The first-order chi connectivity index (χ1) is 6.22. The Bertz CT molecular complexity index is 137. The summed E-state index contributed by atoms with van der Waals surface area (Å²) in [5, 5.41) is 0. The maximum absolute atomic E-state index is 11.2. The highest BCUT2D eigenvalue weighted by molar-refractivity contribution is 5.67. The average Bonchev–Trinajstić information content (AvgIpc) is 2.14. The predicted octanol–water partition coefficient (Wildman–Crippen LogP) is 2.66. The molecule has 0 saturated heterocycles. The standard InChI is InChI=1S/C10H21NO2/c1-4-6-8-11(3)10(12)13-9-7-5-2/h4-9H2,1-3H3. The SMILES string of the molecule is CCCCOC(=O)N(C)CCCC. The van der Waals surface area contributed by atoms with E-state index in [1.54, 1.807) is 11.9 Å². The van der Waals surface area contributed by atoms with Gasteiger partial charge in [-0.1, -0.05) is 26.7 Å². The van der Waals surface area contributed by atoms with Crippen molar-refractivity contribution in [3.05, 3.63) is 0 Å². The van der Waals surface area contributed by atoms with Gasteiger partial charge in [-0.3, -0.25) is 0 Å². The summed E-state index contributed by atoms with van der Waals surface area (Å²) in [4.78, 5) is 12.9. The van der Waals surface area contributed by atoms with E-state index in [0.717, 1.165) is 32.2 Å². The number of carbonyl (C=O) groups excluding carboxylic acids is 1. The first-order valence-electron chi connectivity index (χ1n) is 5.10. The number of amides is 1. The van der Waals surface area contributed by atoms with E-state index in [1.807, 2.05) is 0 Å². The van der Waals surface area contributed by atoms with Crippen LogP contribution in [0.4, 0.5) is 4.79 Å². The highest BCUT2D eigenvalue weighted by Crippen LogP contribution is 1.96. The summed E-state index contributed by atoms with van der Waals surface area (Å²) in [6, 6.07) is 0. The molecule has 0 saturated carbocycles. The monoisotopic (exact) mass is 187 g/mol. The van der Waals surface area contributed by atoms with Gasteiger partial charge in [-0.2, -0.15) is 0 Å². The van der Waals surface area contributed by atoms with Gasteiger partial charge in [-0.05, 0) is 12.8 Å². The average molecular weight is 187 g/mol. The van der Waals surface area contributed by atoms with Gasteiger partial charge in [0.05, 0.1) is 6.61 Å². The molecule has 0 atom stereocenters. The summed E-state index contributed by atoms with van der Waals surface area (Å²) in [6.45, 7) is 5.53. The summed E-state index contributed by atoms with van der Waals surface area (Å²) >= 11 is 0. The van der Waals surface area contributed by atoms with Gasteiger partial charge in [0.25, 0.3) is 0 Å². The Kier molecular flexibility index (Phi) is 7.45. The van der Waals surface area contributed by atoms with Crippen LogP contribution in [0.25, 0.3) is 0 Å². The summed E-state index contributed by atoms with van der Waals surface area (Å²) in [5.41, 5.74) is 0. The minimum absolute atomic E-state index is 0.193. The molecular formula is C10H21NO2. The molecule has 0 N–H and O–H groups in total. The van der Waals surface area contributed by atoms with Crippen LogP contribution in [0.3, 0.4) is 0 Å². The van der Waals surface area contributed by atoms with Gasteiger partial charge >= 0.3 is 6.09 Å². The molecule has 0 aromatic heterocycles. The van der Waals surface area contributed by atoms with Crippen LogP contribution in [0, 0.1) is 0 Å². The third kappa shape index (κ3) is 6.43. The molecule has 3 heteroatoms. The molecule has 0 fully saturated rings. The highest BCUT2D eigenvalue weighted by atomic mass is 16.6. The van der Waals surface area contributed by atoms with Crippen molar-refractivity contribution in [3.63, 3.8) is 0 Å². The van der Waals surface area contributed by atoms with Crippen molar-refractivity contribution in [3.8, 4) is 0 Å². The van der Waals surface area contributed by atoms with E-state index in [1.165, 1.54) is 0 Å². The van der Waals surface area contributed by atoms with Crippen LogP contribution >= 0.6 is 0 Å². The van der Waals surface area contributed by atoms with Gasteiger partial charge in [-0.15, -0.1) is 0 Å². The number of nitrogens with zero attached hydrogens (tertiary/aromatic N) is 1. The van der Waals surface area contributed by atoms with E-state index in [4.69, 9.17) is 4.74 Å². The van der Waals surface area contributed by atoms with Crippen LogP contribution in [0.2, 0.25) is 0 Å². The number of unbranched alkanes of at least 4 members (excludes halogenated alkanes) is 2. The summed E-state index contributed by atoms with van der Waals surface area (Å²) in [5.74, 6) is 0. The van der Waals surface area contributed by atoms with E-state index < -0.39 is 0 Å². The Morgan fingerprint density at radius 1 is 1.23 bits per heavy atom. The Morgan fingerprint density at radius 2 is 1.85 bits per heavy atom. The Hall–Kier alpha value is -0.730. The number of hydrogen-bond donors (Lipinski definition) is 0. The normalized spacial score (nSPS) is 9.77. The number of rotatable bonds is 6. The van der Waals surface area contributed by atoms with Crippen LogP contribution in [-0.4, -0.2) is 31.2 Å². The van der Waals surface area contributed by atoms with Crippen LogP contribution in [0.5, 0.6) is 0 Å². The second kappa shape index (κ2) is 7.90. The lowest BCUT2D eigenvalue weighted by molar-refractivity contribution is 0.109. The first kappa shape index (κ1) is 12.3. The molecule has 3 nitrogen and oxygen atoms in total. The fraction of sp³-hybridized carbons (Fsp3) is 0.900. The second-order valence-electron chi connectivity index (χ2n) is 3.24. The highest BCUT2D eigenvalue weighted by Gasteiger charge is 2.07. The van der Waals surface area contributed by atoms with Crippen molar-refractivity contribution in [2.24, 2.45) is 0 Å². The van der Waals surface area contributed by atoms with Gasteiger partial charge in [0.2, 0.25) is 0 Å². The van der Waals surface area contributed by atoms with Gasteiger partial charge in [-0.25, -0.2) is 4.79 Å². The van der Waals surface area contributed by atoms with Gasteiger partial charge < -0.3 is 9.64 Å². The maximum Gasteiger partial charge on any atom is 0.409 e. The van der Waals surface area contributed by atoms with E-state index in [9.17, 15) is 4.79 Å². The third-order valence-corrected chi connectivity index (χ3v) is 1.88. The molecule has 78 valence electrons. The lowest BCUT2D eigenvalue weighted by Gasteiger charge is -2.16. The summed E-state index contributed by atoms with van der Waals surface area (Å²) in [6.07, 6.45) is 3.97. The smallest absolute Gasteiger partial charge is 0.409 e. The van der Waals surface area contributed by atoms with Gasteiger partial charge in [0, 0.05) is 13.6 Å². The molecule has 0 rings (SSSR count). The Labute approximate surface area is 81.1 Å². The quantitative estimate of drug-likeness (QED) is 0.598. The fourth-order valence-electron chi connectivity index (χ4n) is 0.901. The van der Waals surface area contributed by atoms with E-state index in [2.05, 4.69) is 13.8 Å². The van der Waals surface area contributed by atoms with Crippen LogP contribution < -0.4 is 0 Å². The largest absolute Gasteiger partial charge is 0.449 e. The molecule has 0 aliphatic heterocycles. The van der Waals surface area contributed by atoms with Crippen molar-refractivity contribution >= 4 is 6.09 Å². The zero-order chi connectivity index (χ0) is 10.1. The van der Waals surface area contributed by atoms with Crippen LogP contribution in [0.1, 0.15) is 39.5 Å². The van der Waals surface area contributed by atoms with E-state index in [0.29, 0.717) is 6.61 Å². The molecule has 0 bridgehead atoms. The fourth-order valence-corrected chi connectivity index (χ4v) is 0.901. The van der Waals surface area contributed by atoms with Crippen molar-refractivity contribution in [1.82, 2.24) is 4.90 Å². The summed E-state index contributed by atoms with van der Waals surface area (Å²) < 4.78 is 5.03. The molecule has 0 heterocycles. The van der Waals surface area contributed by atoms with Gasteiger partial charge in [0.15, 0.2) is 0 Å². The van der Waals surface area contributed by atoms with E-state index in [-0.39, 0.29) is 6.09 Å². The lowest BCUT2D eigenvalue weighted by Crippen LogP contribution is -2.28. The molecule has 0 spiro atoms. The topological polar surface area (TPSA) is 29.5 Å². The number of carbonyl (C=O) groups is 1. The Morgan fingerprint density at radius 3 is 2.38 bits per heavy atom. The van der Waals surface area contributed by atoms with Crippen molar-refractivity contribution < 1.29 is 9.53 Å². The molecular weight excluding hydrogens is 166 g/mol. The first-order valence-corrected chi connectivity index (χ1v) is 5.10. The van der Waals surface area contributed by atoms with Crippen LogP contribution in [0.15, 0.2) is 0 Å². The zero-order valence-corrected chi connectivity index (χ0v) is 9.01. The molecule has 0 aromatic carbocycles. The minimum atomic E-state index is -0.193. The number of ether oxygens (including phenoxy) is 1. The molecule has 0 aliphatic carbocycles. The van der Waals surface area contributed by atoms with E-state index >= 15 is 0 Å². The van der Waals surface area contributed by atoms with Gasteiger partial charge in [0.1, 0.15) is 0 Å². The third-order valence-electron chi connectivity index (χ3n) is 1.88. The molecule has 1 amide bonds. The van der Waals surface area contributed by atoms with Crippen molar-refractivity contribution in [2.45, 2.75) is 39.5 Å². The summed E-state index contributed by atoms with van der Waals surface area (Å²) in [7, 11) is 1.78. The zero-order valence-electron chi connectivity index (χ0n) is 9.01. The molecule has 0 aromatic rings. The maximum atomic E-state index is 11.2. The van der Waals surface area contributed by atoms with Crippen molar-refractivity contribution in [2.75, 3.05) is 20.2 Å².